The number of hydrogen-bond donors (Lipinski definition) is 1. The van der Waals surface area contributed by atoms with Gasteiger partial charge in [0.15, 0.2) is 0 Å². The summed E-state index contributed by atoms with van der Waals surface area (Å²) in [6.07, 6.45) is 5.82. The second-order valence-corrected chi connectivity index (χ2v) is 2.80. The van der Waals surface area contributed by atoms with Gasteiger partial charge < -0.3 is 5.32 Å². The van der Waals surface area contributed by atoms with Crippen molar-refractivity contribution in [3.8, 4) is 0 Å². The van der Waals surface area contributed by atoms with Crippen molar-refractivity contribution < 1.29 is 0 Å². The van der Waals surface area contributed by atoms with Crippen LogP contribution in [0.5, 0.6) is 0 Å². The molecule has 0 aliphatic heterocycles. The van der Waals surface area contributed by atoms with E-state index >= 15 is 0 Å². The van der Waals surface area contributed by atoms with Gasteiger partial charge in [0, 0.05) is 5.54 Å². The highest BCUT2D eigenvalue weighted by Crippen LogP contribution is 2.14. The van der Waals surface area contributed by atoms with E-state index in [9.17, 15) is 0 Å². The Kier molecular flexibility index (Phi) is 4.05. The molecule has 0 aliphatic rings. The van der Waals surface area contributed by atoms with Crippen LogP contribution in [0.15, 0.2) is 25.3 Å². The summed E-state index contributed by atoms with van der Waals surface area (Å²) < 4.78 is 0. The van der Waals surface area contributed by atoms with Crippen LogP contribution in [-0.4, -0.2) is 12.6 Å². The van der Waals surface area contributed by atoms with Gasteiger partial charge in [-0.25, -0.2) is 0 Å². The van der Waals surface area contributed by atoms with Crippen molar-refractivity contribution in [2.75, 3.05) is 7.05 Å². The van der Waals surface area contributed by atoms with E-state index in [1.54, 1.807) is 0 Å². The maximum atomic E-state index is 3.70. The molecule has 0 saturated carbocycles. The molecular formula is C9H17N. The Morgan fingerprint density at radius 2 is 1.70 bits per heavy atom. The van der Waals surface area contributed by atoms with Crippen LogP contribution in [0.4, 0.5) is 0 Å². The molecule has 10 heavy (non-hydrogen) atoms. The van der Waals surface area contributed by atoms with Crippen molar-refractivity contribution in [3.05, 3.63) is 25.3 Å². The smallest absolute Gasteiger partial charge is 0.0218 e. The van der Waals surface area contributed by atoms with Crippen LogP contribution >= 0.6 is 0 Å². The second-order valence-electron chi connectivity index (χ2n) is 2.80. The Labute approximate surface area is 63.8 Å². The van der Waals surface area contributed by atoms with Crippen LogP contribution in [0.2, 0.25) is 0 Å². The molecule has 0 bridgehead atoms. The van der Waals surface area contributed by atoms with Crippen molar-refractivity contribution in [2.24, 2.45) is 0 Å². The monoisotopic (exact) mass is 139 g/mol. The van der Waals surface area contributed by atoms with Crippen molar-refractivity contribution >= 4 is 0 Å². The Balaban J connectivity index is 3.92. The van der Waals surface area contributed by atoms with Crippen molar-refractivity contribution in [1.82, 2.24) is 5.32 Å². The molecule has 0 radical (unpaired) electrons. The first-order valence-electron chi connectivity index (χ1n) is 3.59. The van der Waals surface area contributed by atoms with Gasteiger partial charge in [0.25, 0.3) is 0 Å². The highest BCUT2D eigenvalue weighted by molar-refractivity contribution is 4.93. The summed E-state index contributed by atoms with van der Waals surface area (Å²) in [4.78, 5) is 0. The van der Waals surface area contributed by atoms with Gasteiger partial charge in [-0.1, -0.05) is 12.2 Å². The van der Waals surface area contributed by atoms with Crippen LogP contribution in [0, 0.1) is 0 Å². The van der Waals surface area contributed by atoms with Crippen LogP contribution in [-0.2, 0) is 0 Å². The second kappa shape index (κ2) is 4.29. The lowest BCUT2D eigenvalue weighted by molar-refractivity contribution is 0.394. The van der Waals surface area contributed by atoms with E-state index in [1.807, 2.05) is 19.2 Å². The fourth-order valence-corrected chi connectivity index (χ4v) is 0.925. The molecule has 0 aromatic carbocycles. The molecule has 0 saturated heterocycles. The molecule has 0 aliphatic carbocycles. The predicted octanol–water partition coefficient (Wildman–Crippen LogP) is 2.12. The fraction of sp³-hybridized carbons (Fsp3) is 0.556. The quantitative estimate of drug-likeness (QED) is 0.575. The van der Waals surface area contributed by atoms with Gasteiger partial charge in [-0.2, -0.15) is 0 Å². The summed E-state index contributed by atoms with van der Waals surface area (Å²) in [7, 11) is 1.97. The molecular weight excluding hydrogens is 122 g/mol. The lowest BCUT2D eigenvalue weighted by atomic mass is 9.94. The van der Waals surface area contributed by atoms with Gasteiger partial charge in [0.1, 0.15) is 0 Å². The zero-order valence-electron chi connectivity index (χ0n) is 6.98. The first-order valence-corrected chi connectivity index (χ1v) is 3.59. The summed E-state index contributed by atoms with van der Waals surface area (Å²) in [6.45, 7) is 9.57. The van der Waals surface area contributed by atoms with E-state index in [1.165, 1.54) is 0 Å². The molecule has 0 atom stereocenters. The summed E-state index contributed by atoms with van der Waals surface area (Å²) >= 11 is 0. The zero-order valence-corrected chi connectivity index (χ0v) is 6.98. The summed E-state index contributed by atoms with van der Waals surface area (Å²) in [6, 6.07) is 0. The third kappa shape index (κ3) is 2.83. The maximum absolute atomic E-state index is 3.70. The van der Waals surface area contributed by atoms with Crippen molar-refractivity contribution in [3.63, 3.8) is 0 Å². The molecule has 0 heterocycles. The molecule has 0 rings (SSSR count). The molecule has 0 unspecified atom stereocenters. The standard InChI is InChI=1S/C9H17N/c1-5-7-9(3,10-4)8-6-2/h5-6,10H,1-2,7-8H2,3-4H3. The molecule has 58 valence electrons. The van der Waals surface area contributed by atoms with E-state index in [2.05, 4.69) is 25.4 Å². The van der Waals surface area contributed by atoms with E-state index in [0.717, 1.165) is 12.8 Å². The van der Waals surface area contributed by atoms with Crippen LogP contribution in [0.3, 0.4) is 0 Å². The van der Waals surface area contributed by atoms with Crippen LogP contribution < -0.4 is 5.32 Å². The lowest BCUT2D eigenvalue weighted by Gasteiger charge is -2.26. The first kappa shape index (κ1) is 9.44. The first-order chi connectivity index (χ1) is 4.68. The van der Waals surface area contributed by atoms with E-state index in [0.29, 0.717) is 0 Å². The van der Waals surface area contributed by atoms with E-state index < -0.39 is 0 Å². The number of nitrogens with one attached hydrogen (secondary N) is 1. The molecule has 0 fully saturated rings. The average Bonchev–Trinajstić information content (AvgIpc) is 1.89. The van der Waals surface area contributed by atoms with Gasteiger partial charge in [-0.15, -0.1) is 13.2 Å². The van der Waals surface area contributed by atoms with E-state index in [-0.39, 0.29) is 5.54 Å². The Morgan fingerprint density at radius 3 is 1.90 bits per heavy atom. The molecule has 1 N–H and O–H groups in total. The summed E-state index contributed by atoms with van der Waals surface area (Å²) in [5.74, 6) is 0. The zero-order chi connectivity index (χ0) is 8.04. The van der Waals surface area contributed by atoms with Crippen molar-refractivity contribution in [1.29, 1.82) is 0 Å². The number of hydrogen-bond acceptors (Lipinski definition) is 1. The SMILES string of the molecule is C=CCC(C)(CC=C)NC. The summed E-state index contributed by atoms with van der Waals surface area (Å²) in [5.41, 5.74) is 0.156. The van der Waals surface area contributed by atoms with Gasteiger partial charge in [-0.05, 0) is 26.8 Å². The topological polar surface area (TPSA) is 12.0 Å². The molecule has 1 nitrogen and oxygen atoms in total. The van der Waals surface area contributed by atoms with Gasteiger partial charge in [0.05, 0.1) is 0 Å². The Bertz CT molecular complexity index is 106. The highest BCUT2D eigenvalue weighted by Gasteiger charge is 2.16. The fourth-order valence-electron chi connectivity index (χ4n) is 0.925. The Hall–Kier alpha value is -0.560. The molecule has 0 aromatic rings. The van der Waals surface area contributed by atoms with Crippen LogP contribution in [0.25, 0.3) is 0 Å². The molecule has 1 heteroatoms. The third-order valence-corrected chi connectivity index (χ3v) is 1.79. The molecule has 0 amide bonds. The minimum absolute atomic E-state index is 0.156. The predicted molar refractivity (Wildman–Crippen MR) is 47.1 cm³/mol. The Morgan fingerprint density at radius 1 is 1.30 bits per heavy atom. The largest absolute Gasteiger partial charge is 0.314 e. The highest BCUT2D eigenvalue weighted by atomic mass is 14.9. The lowest BCUT2D eigenvalue weighted by Crippen LogP contribution is -2.38. The molecule has 0 spiro atoms. The van der Waals surface area contributed by atoms with Gasteiger partial charge >= 0.3 is 0 Å². The average molecular weight is 139 g/mol. The van der Waals surface area contributed by atoms with Crippen LogP contribution in [0.1, 0.15) is 19.8 Å². The van der Waals surface area contributed by atoms with Crippen molar-refractivity contribution in [2.45, 2.75) is 25.3 Å². The minimum Gasteiger partial charge on any atom is -0.314 e. The third-order valence-electron chi connectivity index (χ3n) is 1.79. The van der Waals surface area contributed by atoms with Gasteiger partial charge in [-0.3, -0.25) is 0 Å². The minimum atomic E-state index is 0.156. The maximum Gasteiger partial charge on any atom is 0.0218 e. The normalized spacial score (nSPS) is 11.0. The summed E-state index contributed by atoms with van der Waals surface area (Å²) in [5, 5.41) is 3.24. The molecule has 0 aromatic heterocycles. The van der Waals surface area contributed by atoms with E-state index in [4.69, 9.17) is 0 Å². The number of rotatable bonds is 5. The van der Waals surface area contributed by atoms with Gasteiger partial charge in [0.2, 0.25) is 0 Å².